The van der Waals surface area contributed by atoms with Crippen LogP contribution in [0.4, 0.5) is 24.8 Å². The van der Waals surface area contributed by atoms with Crippen molar-refractivity contribution in [1.82, 2.24) is 24.6 Å². The number of amides is 1. The minimum absolute atomic E-state index is 0.0239. The number of pyridine rings is 1. The van der Waals surface area contributed by atoms with Crippen molar-refractivity contribution in [2.45, 2.75) is 58.3 Å². The van der Waals surface area contributed by atoms with Gasteiger partial charge in [0.25, 0.3) is 5.91 Å². The summed E-state index contributed by atoms with van der Waals surface area (Å²) in [4.78, 5) is 21.8. The third-order valence-corrected chi connectivity index (χ3v) is 8.26. The average molecular weight is 628 g/mol. The second-order valence-electron chi connectivity index (χ2n) is 11.9. The topological polar surface area (TPSA) is 125 Å². The molecule has 0 radical (unpaired) electrons. The minimum atomic E-state index is -4.60. The molecule has 2 aromatic heterocycles. The summed E-state index contributed by atoms with van der Waals surface area (Å²) in [5, 5.41) is 14.4. The van der Waals surface area contributed by atoms with Gasteiger partial charge < -0.3 is 14.6 Å². The molecule has 242 valence electrons. The molecule has 5 rings (SSSR count). The fraction of sp³-hybridized carbons (Fsp3) is 0.548. The minimum Gasteiger partial charge on any atom is -0.381 e. The van der Waals surface area contributed by atoms with Crippen LogP contribution in [-0.2, 0) is 43.9 Å². The standard InChI is InChI=1S/C31H40F3N9O2/c1-21-5-3-10-42(17-21)18-23-13-24-25(26(14-23)31(32,33)34)19-43(30(24)44)29-16-22(15-27(39-29)36-8-9-37-35)7-12-45-11-4-6-28-40-38-20-41(28)2/h13-16,20-21,35H,3-12,17-19H2,1-2H3,(H,36,39)/t21-/m1/s1. The first-order valence-corrected chi connectivity index (χ1v) is 15.4. The molecule has 2 N–H and O–H groups in total. The van der Waals surface area contributed by atoms with Crippen LogP contribution in [0.5, 0.6) is 0 Å². The molecule has 1 fully saturated rings. The van der Waals surface area contributed by atoms with Crippen LogP contribution < -0.4 is 10.2 Å². The van der Waals surface area contributed by atoms with E-state index in [9.17, 15) is 18.0 Å². The van der Waals surface area contributed by atoms with Crippen molar-refractivity contribution in [2.24, 2.45) is 18.1 Å². The molecule has 1 amide bonds. The van der Waals surface area contributed by atoms with Gasteiger partial charge in [0, 0.05) is 45.3 Å². The number of aromatic nitrogens is 4. The van der Waals surface area contributed by atoms with Crippen LogP contribution in [0.1, 0.15) is 64.6 Å². The van der Waals surface area contributed by atoms with Gasteiger partial charge in [-0.3, -0.25) is 14.6 Å². The number of carbonyl (C=O) groups is 1. The Balaban J connectivity index is 1.32. The number of aryl methyl sites for hydroxylation is 2. The lowest BCUT2D eigenvalue weighted by Crippen LogP contribution is -2.33. The van der Waals surface area contributed by atoms with Crippen LogP contribution in [0.25, 0.3) is 0 Å². The predicted octanol–water partition coefficient (Wildman–Crippen LogP) is 5.26. The van der Waals surface area contributed by atoms with E-state index in [2.05, 4.69) is 37.4 Å². The number of benzene rings is 1. The van der Waals surface area contributed by atoms with Crippen LogP contribution >= 0.6 is 0 Å². The van der Waals surface area contributed by atoms with Crippen molar-refractivity contribution in [3.63, 3.8) is 0 Å². The van der Waals surface area contributed by atoms with E-state index in [4.69, 9.17) is 10.3 Å². The molecule has 1 aromatic carbocycles. The summed E-state index contributed by atoms with van der Waals surface area (Å²) in [6.07, 6.45) is 1.20. The molecular weight excluding hydrogens is 587 g/mol. The van der Waals surface area contributed by atoms with Crippen LogP contribution in [-0.4, -0.2) is 69.9 Å². The fourth-order valence-electron chi connectivity index (χ4n) is 6.03. The molecule has 0 unspecified atom stereocenters. The van der Waals surface area contributed by atoms with Crippen molar-refractivity contribution in [2.75, 3.05) is 49.6 Å². The molecule has 1 atom stereocenters. The maximum absolute atomic E-state index is 14.3. The number of nitrogens with one attached hydrogen (secondary N) is 2. The van der Waals surface area contributed by atoms with Crippen molar-refractivity contribution < 1.29 is 22.7 Å². The number of fused-ring (bicyclic) bond motifs is 1. The van der Waals surface area contributed by atoms with Gasteiger partial charge in [0.05, 0.1) is 25.3 Å². The number of nitrogens with zero attached hydrogens (tertiary/aromatic N) is 7. The van der Waals surface area contributed by atoms with E-state index in [0.717, 1.165) is 50.2 Å². The monoisotopic (exact) mass is 627 g/mol. The van der Waals surface area contributed by atoms with Crippen molar-refractivity contribution >= 4 is 17.5 Å². The molecule has 2 aliphatic heterocycles. The van der Waals surface area contributed by atoms with E-state index in [1.807, 2.05) is 17.7 Å². The number of hydrogen-bond donors (Lipinski definition) is 2. The largest absolute Gasteiger partial charge is 0.416 e. The van der Waals surface area contributed by atoms with Gasteiger partial charge in [-0.15, -0.1) is 10.2 Å². The number of halogens is 3. The van der Waals surface area contributed by atoms with Crippen LogP contribution in [0.3, 0.4) is 0 Å². The Hall–Kier alpha value is -3.91. The van der Waals surface area contributed by atoms with Gasteiger partial charge in [-0.05, 0) is 79.1 Å². The highest BCUT2D eigenvalue weighted by atomic mass is 19.4. The van der Waals surface area contributed by atoms with Crippen LogP contribution in [0, 0.1) is 11.4 Å². The van der Waals surface area contributed by atoms with E-state index < -0.39 is 17.6 Å². The van der Waals surface area contributed by atoms with Crippen molar-refractivity contribution in [1.29, 1.82) is 5.53 Å². The first-order valence-electron chi connectivity index (χ1n) is 15.4. The lowest BCUT2D eigenvalue weighted by Gasteiger charge is -2.31. The number of anilines is 2. The van der Waals surface area contributed by atoms with Gasteiger partial charge in [0.1, 0.15) is 23.8 Å². The Kier molecular flexibility index (Phi) is 10.4. The maximum Gasteiger partial charge on any atom is 0.416 e. The summed E-state index contributed by atoms with van der Waals surface area (Å²) in [5.74, 6) is 1.58. The normalized spacial score (nSPS) is 17.1. The number of ether oxygens (including phenoxy) is 1. The summed E-state index contributed by atoms with van der Waals surface area (Å²) in [6, 6.07) is 6.39. The molecule has 2 aliphatic rings. The Bertz CT molecular complexity index is 1490. The van der Waals surface area contributed by atoms with Gasteiger partial charge in [-0.1, -0.05) is 6.92 Å². The zero-order valence-electron chi connectivity index (χ0n) is 25.7. The zero-order chi connectivity index (χ0) is 32.0. The Labute approximate surface area is 260 Å². The summed E-state index contributed by atoms with van der Waals surface area (Å²) in [5.41, 5.74) is 7.66. The second kappa shape index (κ2) is 14.5. The molecule has 1 saturated heterocycles. The lowest BCUT2D eigenvalue weighted by atomic mass is 9.96. The molecule has 14 heteroatoms. The van der Waals surface area contributed by atoms with Gasteiger partial charge in [-0.2, -0.15) is 18.3 Å². The number of carbonyl (C=O) groups excluding carboxylic acids is 1. The fourth-order valence-corrected chi connectivity index (χ4v) is 6.03. The number of alkyl halides is 3. The van der Waals surface area contributed by atoms with Crippen LogP contribution in [0.2, 0.25) is 0 Å². The third-order valence-electron chi connectivity index (χ3n) is 8.26. The summed E-state index contributed by atoms with van der Waals surface area (Å²) >= 11 is 0. The highest BCUT2D eigenvalue weighted by Gasteiger charge is 2.41. The molecule has 0 aliphatic carbocycles. The second-order valence-corrected chi connectivity index (χ2v) is 11.9. The summed E-state index contributed by atoms with van der Waals surface area (Å²) < 4.78 is 50.7. The number of likely N-dealkylation sites (tertiary alicyclic amines) is 1. The van der Waals surface area contributed by atoms with Gasteiger partial charge in [0.2, 0.25) is 0 Å². The smallest absolute Gasteiger partial charge is 0.381 e. The Morgan fingerprint density at radius 3 is 2.73 bits per heavy atom. The lowest BCUT2D eigenvalue weighted by molar-refractivity contribution is -0.138. The highest BCUT2D eigenvalue weighted by Crippen LogP contribution is 2.40. The highest BCUT2D eigenvalue weighted by molar-refractivity contribution is 6.10. The third kappa shape index (κ3) is 8.23. The van der Waals surface area contributed by atoms with Gasteiger partial charge in [0.15, 0.2) is 0 Å². The first-order chi connectivity index (χ1) is 21.6. The van der Waals surface area contributed by atoms with E-state index in [0.29, 0.717) is 50.0 Å². The predicted molar refractivity (Wildman–Crippen MR) is 162 cm³/mol. The number of rotatable bonds is 14. The van der Waals surface area contributed by atoms with Gasteiger partial charge in [-0.25, -0.2) is 10.5 Å². The summed E-state index contributed by atoms with van der Waals surface area (Å²) in [7, 11) is 1.89. The van der Waals surface area contributed by atoms with Crippen LogP contribution in [0.15, 0.2) is 35.7 Å². The quantitative estimate of drug-likeness (QED) is 0.185. The average Bonchev–Trinajstić information content (AvgIpc) is 3.56. The van der Waals surface area contributed by atoms with Crippen molar-refractivity contribution in [3.8, 4) is 0 Å². The molecule has 45 heavy (non-hydrogen) atoms. The van der Waals surface area contributed by atoms with E-state index in [-0.39, 0.29) is 30.0 Å². The van der Waals surface area contributed by atoms with E-state index >= 15 is 0 Å². The van der Waals surface area contributed by atoms with E-state index in [1.54, 1.807) is 18.5 Å². The molecule has 0 bridgehead atoms. The SMILES string of the molecule is C[C@@H]1CCCN(Cc2cc3c(c(C(F)(F)F)c2)CN(c2cc(CCOCCCc4nncn4C)cc(NCCN=N)n2)C3=O)C1. The molecule has 4 heterocycles. The van der Waals surface area contributed by atoms with Gasteiger partial charge >= 0.3 is 6.18 Å². The molecular formula is C31H40F3N9O2. The zero-order valence-corrected chi connectivity index (χ0v) is 25.7. The molecule has 0 saturated carbocycles. The Morgan fingerprint density at radius 2 is 2.00 bits per heavy atom. The maximum atomic E-state index is 14.3. The molecule has 3 aromatic rings. The molecule has 0 spiro atoms. The number of hydrogen-bond acceptors (Lipinski definition) is 9. The first kappa shape index (κ1) is 32.5. The summed E-state index contributed by atoms with van der Waals surface area (Å²) in [6.45, 7) is 5.47. The Morgan fingerprint density at radius 1 is 1.16 bits per heavy atom. The van der Waals surface area contributed by atoms with E-state index in [1.165, 1.54) is 11.0 Å². The number of piperidine rings is 1. The van der Waals surface area contributed by atoms with Crippen molar-refractivity contribution in [3.05, 3.63) is 64.2 Å². The molecule has 11 nitrogen and oxygen atoms in total.